The molecule has 1 amide bonds. The Morgan fingerprint density at radius 1 is 1.55 bits per heavy atom. The highest BCUT2D eigenvalue weighted by atomic mass is 17.1. The van der Waals surface area contributed by atoms with Crippen LogP contribution >= 0.6 is 0 Å². The summed E-state index contributed by atoms with van der Waals surface area (Å²) in [5, 5.41) is 16.3. The Bertz CT molecular complexity index is 117. The lowest BCUT2D eigenvalue weighted by atomic mass is 10.3. The van der Waals surface area contributed by atoms with Gasteiger partial charge in [-0.15, -0.1) is 0 Å². The summed E-state index contributed by atoms with van der Waals surface area (Å²) in [6.07, 6.45) is 0.563. The van der Waals surface area contributed by atoms with E-state index < -0.39 is 6.09 Å². The van der Waals surface area contributed by atoms with Crippen molar-refractivity contribution in [1.82, 2.24) is 4.90 Å². The van der Waals surface area contributed by atoms with Crippen molar-refractivity contribution >= 4 is 6.09 Å². The fourth-order valence-electron chi connectivity index (χ4n) is 0.622. The summed E-state index contributed by atoms with van der Waals surface area (Å²) in [6.45, 7) is 0.585. The maximum absolute atomic E-state index is 10.5. The van der Waals surface area contributed by atoms with Crippen LogP contribution in [0.4, 0.5) is 4.79 Å². The minimum Gasteiger partial charge on any atom is -0.396 e. The summed E-state index contributed by atoms with van der Waals surface area (Å²) in [7, 11) is 1.51. The second-order valence-electron chi connectivity index (χ2n) is 2.21. The van der Waals surface area contributed by atoms with Crippen LogP contribution in [-0.2, 0) is 4.89 Å². The molecule has 0 spiro atoms. The second kappa shape index (κ2) is 5.94. The van der Waals surface area contributed by atoms with E-state index in [1.54, 1.807) is 0 Å². The van der Waals surface area contributed by atoms with E-state index in [1.165, 1.54) is 11.9 Å². The highest BCUT2D eigenvalue weighted by Crippen LogP contribution is 1.93. The van der Waals surface area contributed by atoms with Gasteiger partial charge in [0.15, 0.2) is 0 Å². The predicted molar refractivity (Wildman–Crippen MR) is 38.1 cm³/mol. The molecule has 0 aliphatic rings. The number of nitrogens with zero attached hydrogens (tertiary/aromatic N) is 1. The molecule has 0 aromatic heterocycles. The van der Waals surface area contributed by atoms with E-state index in [1.807, 2.05) is 0 Å². The Kier molecular flexibility index (Phi) is 5.50. The van der Waals surface area contributed by atoms with Crippen molar-refractivity contribution in [3.05, 3.63) is 0 Å². The van der Waals surface area contributed by atoms with Crippen LogP contribution < -0.4 is 0 Å². The molecule has 0 saturated heterocycles. The number of rotatable bonds is 4. The molecule has 0 aromatic carbocycles. The van der Waals surface area contributed by atoms with Gasteiger partial charge in [0.05, 0.1) is 0 Å². The van der Waals surface area contributed by atoms with E-state index in [-0.39, 0.29) is 6.61 Å². The van der Waals surface area contributed by atoms with E-state index in [9.17, 15) is 4.79 Å². The van der Waals surface area contributed by atoms with Gasteiger partial charge < -0.3 is 10.0 Å². The van der Waals surface area contributed by atoms with Gasteiger partial charge in [0.2, 0.25) is 0 Å². The molecule has 66 valence electrons. The number of unbranched alkanes of at least 4 members (excludes halogenated alkanes) is 1. The van der Waals surface area contributed by atoms with Crippen LogP contribution in [0.15, 0.2) is 0 Å². The first kappa shape index (κ1) is 10.2. The molecule has 0 bridgehead atoms. The Hall–Kier alpha value is -0.810. The van der Waals surface area contributed by atoms with Gasteiger partial charge in [-0.25, -0.2) is 4.79 Å². The standard InChI is InChI=1S/C6H13NO4/c1-7(6(9)11-10)4-2-3-5-8/h8,10H,2-5H2,1H3. The molecule has 2 N–H and O–H groups in total. The van der Waals surface area contributed by atoms with Crippen LogP contribution in [0.2, 0.25) is 0 Å². The van der Waals surface area contributed by atoms with Crippen molar-refractivity contribution in [2.24, 2.45) is 0 Å². The highest BCUT2D eigenvalue weighted by Gasteiger charge is 2.07. The highest BCUT2D eigenvalue weighted by molar-refractivity contribution is 5.66. The third-order valence-corrected chi connectivity index (χ3v) is 1.29. The van der Waals surface area contributed by atoms with Gasteiger partial charge in [-0.05, 0) is 12.8 Å². The quantitative estimate of drug-likeness (QED) is 0.355. The van der Waals surface area contributed by atoms with Crippen LogP contribution in [0.3, 0.4) is 0 Å². The molecule has 5 heteroatoms. The van der Waals surface area contributed by atoms with E-state index in [0.717, 1.165) is 0 Å². The van der Waals surface area contributed by atoms with Crippen LogP contribution in [0.5, 0.6) is 0 Å². The first-order chi connectivity index (χ1) is 5.22. The number of carbonyl (C=O) groups excluding carboxylic acids is 1. The molecule has 0 heterocycles. The molecule has 0 aliphatic carbocycles. The van der Waals surface area contributed by atoms with Crippen molar-refractivity contribution in [1.29, 1.82) is 0 Å². The largest absolute Gasteiger partial charge is 0.440 e. The fourth-order valence-corrected chi connectivity index (χ4v) is 0.622. The molecule has 0 radical (unpaired) electrons. The smallest absolute Gasteiger partial charge is 0.396 e. The third-order valence-electron chi connectivity index (χ3n) is 1.29. The predicted octanol–water partition coefficient (Wildman–Crippen LogP) is 0.300. The lowest BCUT2D eigenvalue weighted by molar-refractivity contribution is -0.186. The Morgan fingerprint density at radius 2 is 2.18 bits per heavy atom. The van der Waals surface area contributed by atoms with Crippen LogP contribution in [-0.4, -0.2) is 41.6 Å². The Morgan fingerprint density at radius 3 is 2.64 bits per heavy atom. The summed E-state index contributed by atoms with van der Waals surface area (Å²) < 4.78 is 0. The molecule has 11 heavy (non-hydrogen) atoms. The van der Waals surface area contributed by atoms with Gasteiger partial charge in [0.25, 0.3) is 0 Å². The second-order valence-corrected chi connectivity index (χ2v) is 2.21. The summed E-state index contributed by atoms with van der Waals surface area (Å²) in [4.78, 5) is 15.2. The van der Waals surface area contributed by atoms with Crippen LogP contribution in [0.1, 0.15) is 12.8 Å². The number of amides is 1. The number of aliphatic hydroxyl groups is 1. The minimum atomic E-state index is -0.775. The van der Waals surface area contributed by atoms with E-state index >= 15 is 0 Å². The number of hydrogen-bond donors (Lipinski definition) is 2. The maximum atomic E-state index is 10.5. The SMILES string of the molecule is CN(CCCCO)C(=O)OO. The first-order valence-corrected chi connectivity index (χ1v) is 3.39. The van der Waals surface area contributed by atoms with Crippen molar-refractivity contribution < 1.29 is 20.0 Å². The zero-order valence-electron chi connectivity index (χ0n) is 6.49. The molecule has 0 aliphatic heterocycles. The molecule has 0 unspecified atom stereocenters. The number of aliphatic hydroxyl groups excluding tert-OH is 1. The van der Waals surface area contributed by atoms with Crippen molar-refractivity contribution in [2.45, 2.75) is 12.8 Å². The van der Waals surface area contributed by atoms with E-state index in [0.29, 0.717) is 19.4 Å². The van der Waals surface area contributed by atoms with Gasteiger partial charge in [0.1, 0.15) is 0 Å². The lowest BCUT2D eigenvalue weighted by Crippen LogP contribution is -2.27. The van der Waals surface area contributed by atoms with Crippen molar-refractivity contribution in [3.8, 4) is 0 Å². The van der Waals surface area contributed by atoms with Crippen LogP contribution in [0.25, 0.3) is 0 Å². The third kappa shape index (κ3) is 4.58. The topological polar surface area (TPSA) is 70.0 Å². The lowest BCUT2D eigenvalue weighted by Gasteiger charge is -2.12. The fraction of sp³-hybridized carbons (Fsp3) is 0.833. The zero-order valence-corrected chi connectivity index (χ0v) is 6.49. The minimum absolute atomic E-state index is 0.113. The number of carbonyl (C=O) groups is 1. The summed E-state index contributed by atoms with van der Waals surface area (Å²) in [5.41, 5.74) is 0. The molecular weight excluding hydrogens is 150 g/mol. The van der Waals surface area contributed by atoms with Gasteiger partial charge in [-0.1, -0.05) is 0 Å². The average molecular weight is 163 g/mol. The van der Waals surface area contributed by atoms with E-state index in [2.05, 4.69) is 4.89 Å². The molecule has 5 nitrogen and oxygen atoms in total. The first-order valence-electron chi connectivity index (χ1n) is 3.39. The molecule has 0 fully saturated rings. The molecular formula is C6H13NO4. The monoisotopic (exact) mass is 163 g/mol. The molecule has 0 saturated carbocycles. The summed E-state index contributed by atoms with van der Waals surface area (Å²) >= 11 is 0. The molecule has 0 aromatic rings. The normalized spacial score (nSPS) is 9.36. The van der Waals surface area contributed by atoms with Gasteiger partial charge >= 0.3 is 6.09 Å². The number of hydrogen-bond acceptors (Lipinski definition) is 4. The zero-order chi connectivity index (χ0) is 8.69. The molecule has 0 rings (SSSR count). The maximum Gasteiger partial charge on any atom is 0.440 e. The Balaban J connectivity index is 3.36. The van der Waals surface area contributed by atoms with Crippen molar-refractivity contribution in [3.63, 3.8) is 0 Å². The Labute approximate surface area is 65.1 Å². The van der Waals surface area contributed by atoms with Gasteiger partial charge in [-0.2, -0.15) is 5.26 Å². The van der Waals surface area contributed by atoms with E-state index in [4.69, 9.17) is 10.4 Å². The van der Waals surface area contributed by atoms with Crippen LogP contribution in [0, 0.1) is 0 Å². The summed E-state index contributed by atoms with van der Waals surface area (Å²) in [6, 6.07) is 0. The summed E-state index contributed by atoms with van der Waals surface area (Å²) in [5.74, 6) is 0. The average Bonchev–Trinajstić information content (AvgIpc) is 2.03. The van der Waals surface area contributed by atoms with Crippen molar-refractivity contribution in [2.75, 3.05) is 20.2 Å². The van der Waals surface area contributed by atoms with Gasteiger partial charge in [-0.3, -0.25) is 4.89 Å². The van der Waals surface area contributed by atoms with Gasteiger partial charge in [0, 0.05) is 20.2 Å². The molecule has 0 atom stereocenters.